The SMILES string of the molecule is CC(C)(C)c1cccc2c1C(O)(NS(=O)(=O)c1ccccc1)C(=O)N2c1cccc2cc(N3CCOCC3)ccc12. The van der Waals surface area contributed by atoms with E-state index in [4.69, 9.17) is 4.74 Å². The van der Waals surface area contributed by atoms with Crippen molar-refractivity contribution in [1.29, 1.82) is 0 Å². The maximum absolute atomic E-state index is 14.4. The maximum Gasteiger partial charge on any atom is 0.284 e. The molecule has 2 aliphatic heterocycles. The molecule has 2 heterocycles. The molecule has 0 bridgehead atoms. The largest absolute Gasteiger partial charge is 0.378 e. The van der Waals surface area contributed by atoms with Gasteiger partial charge in [0.1, 0.15) is 0 Å². The molecule has 9 heteroatoms. The van der Waals surface area contributed by atoms with Gasteiger partial charge < -0.3 is 14.7 Å². The Bertz CT molecular complexity index is 1740. The molecule has 0 spiro atoms. The zero-order chi connectivity index (χ0) is 29.0. The van der Waals surface area contributed by atoms with Crippen molar-refractivity contribution in [3.05, 3.63) is 96.1 Å². The lowest BCUT2D eigenvalue weighted by molar-refractivity contribution is -0.136. The number of fused-ring (bicyclic) bond motifs is 2. The molecule has 8 nitrogen and oxygen atoms in total. The third-order valence-electron chi connectivity index (χ3n) is 7.76. The van der Waals surface area contributed by atoms with Crippen LogP contribution in [-0.4, -0.2) is 45.7 Å². The number of nitrogens with zero attached hydrogens (tertiary/aromatic N) is 2. The van der Waals surface area contributed by atoms with E-state index in [1.165, 1.54) is 17.0 Å². The Morgan fingerprint density at radius 1 is 0.878 bits per heavy atom. The molecule has 1 atom stereocenters. The fourth-order valence-electron chi connectivity index (χ4n) is 5.76. The summed E-state index contributed by atoms with van der Waals surface area (Å²) in [6, 6.07) is 24.9. The second kappa shape index (κ2) is 9.95. The van der Waals surface area contributed by atoms with Gasteiger partial charge in [-0.05, 0) is 52.8 Å². The number of anilines is 3. The zero-order valence-electron chi connectivity index (χ0n) is 23.3. The van der Waals surface area contributed by atoms with Crippen molar-refractivity contribution >= 4 is 43.8 Å². The van der Waals surface area contributed by atoms with Crippen molar-refractivity contribution in [1.82, 2.24) is 4.72 Å². The molecule has 0 aliphatic carbocycles. The highest BCUT2D eigenvalue weighted by molar-refractivity contribution is 7.89. The van der Waals surface area contributed by atoms with Gasteiger partial charge in [0, 0.05) is 29.7 Å². The van der Waals surface area contributed by atoms with Crippen molar-refractivity contribution in [3.8, 4) is 0 Å². The van der Waals surface area contributed by atoms with Crippen LogP contribution in [0, 0.1) is 0 Å². The number of carbonyl (C=O) groups excluding carboxylic acids is 1. The lowest BCUT2D eigenvalue weighted by Crippen LogP contribution is -2.52. The molecule has 4 aromatic rings. The molecular weight excluding hydrogens is 538 g/mol. The summed E-state index contributed by atoms with van der Waals surface area (Å²) in [4.78, 5) is 18.0. The number of sulfonamides is 1. The van der Waals surface area contributed by atoms with Gasteiger partial charge in [0.05, 0.1) is 29.5 Å². The first-order chi connectivity index (χ1) is 19.5. The van der Waals surface area contributed by atoms with E-state index in [0.29, 0.717) is 30.2 Å². The van der Waals surface area contributed by atoms with Gasteiger partial charge in [-0.1, -0.05) is 69.3 Å². The molecule has 0 saturated carbocycles. The molecule has 41 heavy (non-hydrogen) atoms. The Labute approximate surface area is 240 Å². The second-order valence-electron chi connectivity index (χ2n) is 11.5. The van der Waals surface area contributed by atoms with E-state index in [1.54, 1.807) is 24.3 Å². The minimum Gasteiger partial charge on any atom is -0.378 e. The van der Waals surface area contributed by atoms with E-state index < -0.39 is 27.1 Å². The molecule has 1 fully saturated rings. The highest BCUT2D eigenvalue weighted by atomic mass is 32.2. The number of amides is 1. The standard InChI is InChI=1S/C32H33N3O5S/c1-31(2,3)26-12-8-14-28-29(26)32(37,33-41(38,39)24-10-5-4-6-11-24)30(36)35(28)27-13-7-9-22-21-23(15-16-25(22)27)34-17-19-40-20-18-34/h4-16,21,33,37H,17-20H2,1-3H3. The predicted molar refractivity (Wildman–Crippen MR) is 160 cm³/mol. The third kappa shape index (κ3) is 4.68. The highest BCUT2D eigenvalue weighted by Gasteiger charge is 2.55. The van der Waals surface area contributed by atoms with E-state index in [1.807, 2.05) is 63.2 Å². The fraction of sp³-hybridized carbons (Fsp3) is 0.281. The normalized spacial score (nSPS) is 19.6. The number of rotatable bonds is 5. The topological polar surface area (TPSA) is 99.2 Å². The van der Waals surface area contributed by atoms with Crippen LogP contribution < -0.4 is 14.5 Å². The van der Waals surface area contributed by atoms with Crippen molar-refractivity contribution in [3.63, 3.8) is 0 Å². The predicted octanol–water partition coefficient (Wildman–Crippen LogP) is 4.78. The van der Waals surface area contributed by atoms with Gasteiger partial charge in [-0.2, -0.15) is 4.72 Å². The lowest BCUT2D eigenvalue weighted by atomic mass is 9.81. The van der Waals surface area contributed by atoms with Crippen LogP contribution in [0.3, 0.4) is 0 Å². The average molecular weight is 572 g/mol. The molecule has 0 aromatic heterocycles. The third-order valence-corrected chi connectivity index (χ3v) is 9.22. The number of carbonyl (C=O) groups is 1. The number of aliphatic hydroxyl groups is 1. The van der Waals surface area contributed by atoms with Crippen LogP contribution >= 0.6 is 0 Å². The van der Waals surface area contributed by atoms with Crippen molar-refractivity contribution < 1.29 is 23.1 Å². The fourth-order valence-corrected chi connectivity index (χ4v) is 6.98. The quantitative estimate of drug-likeness (QED) is 0.335. The first-order valence-electron chi connectivity index (χ1n) is 13.7. The van der Waals surface area contributed by atoms with E-state index in [9.17, 15) is 18.3 Å². The number of benzene rings is 4. The molecule has 1 amide bonds. The lowest BCUT2D eigenvalue weighted by Gasteiger charge is -2.29. The van der Waals surface area contributed by atoms with Crippen LogP contribution in [0.15, 0.2) is 89.8 Å². The van der Waals surface area contributed by atoms with Gasteiger partial charge in [-0.15, -0.1) is 0 Å². The number of nitrogens with one attached hydrogen (secondary N) is 1. The second-order valence-corrected chi connectivity index (χ2v) is 13.2. The van der Waals surface area contributed by atoms with Gasteiger partial charge >= 0.3 is 0 Å². The molecule has 1 unspecified atom stereocenters. The van der Waals surface area contributed by atoms with Crippen LogP contribution in [0.1, 0.15) is 31.9 Å². The summed E-state index contributed by atoms with van der Waals surface area (Å²) in [7, 11) is -4.27. The summed E-state index contributed by atoms with van der Waals surface area (Å²) in [5, 5.41) is 13.9. The van der Waals surface area contributed by atoms with Gasteiger partial charge in [0.25, 0.3) is 5.91 Å². The Morgan fingerprint density at radius 3 is 2.27 bits per heavy atom. The summed E-state index contributed by atoms with van der Waals surface area (Å²) in [5.41, 5.74) is -0.0663. The summed E-state index contributed by atoms with van der Waals surface area (Å²) in [6.07, 6.45) is 0. The van der Waals surface area contributed by atoms with Crippen molar-refractivity contribution in [2.24, 2.45) is 0 Å². The number of morpholine rings is 1. The summed E-state index contributed by atoms with van der Waals surface area (Å²) >= 11 is 0. The van der Waals surface area contributed by atoms with E-state index in [-0.39, 0.29) is 10.5 Å². The van der Waals surface area contributed by atoms with Crippen LogP contribution in [0.25, 0.3) is 10.8 Å². The molecule has 4 aromatic carbocycles. The van der Waals surface area contributed by atoms with Gasteiger partial charge in [-0.3, -0.25) is 9.69 Å². The van der Waals surface area contributed by atoms with Crippen LogP contribution in [0.4, 0.5) is 17.1 Å². The minimum atomic E-state index is -4.27. The van der Waals surface area contributed by atoms with E-state index >= 15 is 0 Å². The first kappa shape index (κ1) is 27.4. The molecule has 212 valence electrons. The van der Waals surface area contributed by atoms with Crippen LogP contribution in [0.5, 0.6) is 0 Å². The van der Waals surface area contributed by atoms with Crippen molar-refractivity contribution in [2.75, 3.05) is 36.1 Å². The maximum atomic E-state index is 14.4. The Kier molecular flexibility index (Phi) is 6.66. The number of hydrogen-bond donors (Lipinski definition) is 2. The average Bonchev–Trinajstić information content (AvgIpc) is 3.18. The molecular formula is C32H33N3O5S. The molecule has 0 radical (unpaired) electrons. The number of ether oxygens (including phenoxy) is 1. The summed E-state index contributed by atoms with van der Waals surface area (Å²) in [6.45, 7) is 8.84. The van der Waals surface area contributed by atoms with E-state index in [2.05, 4.69) is 15.7 Å². The van der Waals surface area contributed by atoms with Gasteiger partial charge in [0.2, 0.25) is 15.7 Å². The first-order valence-corrected chi connectivity index (χ1v) is 15.1. The van der Waals surface area contributed by atoms with Gasteiger partial charge in [-0.25, -0.2) is 8.42 Å². The summed E-state index contributed by atoms with van der Waals surface area (Å²) in [5.74, 6) is -0.784. The molecule has 6 rings (SSSR count). The number of hydrogen-bond acceptors (Lipinski definition) is 6. The molecule has 2 aliphatic rings. The Balaban J connectivity index is 1.51. The Hall–Kier alpha value is -3.76. The van der Waals surface area contributed by atoms with Gasteiger partial charge in [0.15, 0.2) is 0 Å². The molecule has 2 N–H and O–H groups in total. The summed E-state index contributed by atoms with van der Waals surface area (Å²) < 4.78 is 34.9. The van der Waals surface area contributed by atoms with Crippen LogP contribution in [0.2, 0.25) is 0 Å². The molecule has 1 saturated heterocycles. The smallest absolute Gasteiger partial charge is 0.284 e. The Morgan fingerprint density at radius 2 is 1.56 bits per heavy atom. The highest BCUT2D eigenvalue weighted by Crippen LogP contribution is 2.49. The van der Waals surface area contributed by atoms with E-state index in [0.717, 1.165) is 29.5 Å². The zero-order valence-corrected chi connectivity index (χ0v) is 24.1. The van der Waals surface area contributed by atoms with Crippen molar-refractivity contribution in [2.45, 2.75) is 36.8 Å². The monoisotopic (exact) mass is 571 g/mol. The van der Waals surface area contributed by atoms with Crippen LogP contribution in [-0.2, 0) is 30.7 Å². The minimum absolute atomic E-state index is 0.0460.